The zero-order valence-electron chi connectivity index (χ0n) is 7.91. The van der Waals surface area contributed by atoms with Crippen molar-refractivity contribution in [1.82, 2.24) is 0 Å². The van der Waals surface area contributed by atoms with Gasteiger partial charge in [0.05, 0.1) is 0 Å². The highest BCUT2D eigenvalue weighted by molar-refractivity contribution is 6.34. The topological polar surface area (TPSA) is 52.6 Å². The average Bonchev–Trinajstić information content (AvgIpc) is 2.14. The van der Waals surface area contributed by atoms with Gasteiger partial charge in [0.2, 0.25) is 0 Å². The summed E-state index contributed by atoms with van der Waals surface area (Å²) in [7, 11) is 0. The molecule has 0 radical (unpaired) electrons. The Morgan fingerprint density at radius 3 is 2.00 bits per heavy atom. The molecule has 0 spiro atoms. The molecule has 1 heterocycles. The second-order valence-corrected chi connectivity index (χ2v) is 4.06. The van der Waals surface area contributed by atoms with Gasteiger partial charge in [-0.2, -0.15) is 0 Å². The standard InChI is InChI=1S/C10H6Cl2O4/c11-6-1-5(2-7(12)3-6)10-15-8(13)4-9(14)16-10/h1-3,10H,4H2. The van der Waals surface area contributed by atoms with Gasteiger partial charge in [-0.3, -0.25) is 9.59 Å². The number of hydrogen-bond acceptors (Lipinski definition) is 4. The Morgan fingerprint density at radius 2 is 1.50 bits per heavy atom. The molecule has 6 heteroatoms. The van der Waals surface area contributed by atoms with Crippen LogP contribution in [-0.4, -0.2) is 11.9 Å². The Labute approximate surface area is 101 Å². The van der Waals surface area contributed by atoms with Crippen LogP contribution in [0.2, 0.25) is 10.0 Å². The lowest BCUT2D eigenvalue weighted by Crippen LogP contribution is -2.26. The zero-order chi connectivity index (χ0) is 11.7. The summed E-state index contributed by atoms with van der Waals surface area (Å²) in [6.45, 7) is 0. The molecule has 0 aromatic heterocycles. The van der Waals surface area contributed by atoms with Gasteiger partial charge in [0.1, 0.15) is 6.42 Å². The van der Waals surface area contributed by atoms with Crippen LogP contribution in [0.1, 0.15) is 18.3 Å². The van der Waals surface area contributed by atoms with E-state index in [1.807, 2.05) is 0 Å². The van der Waals surface area contributed by atoms with Gasteiger partial charge in [0.15, 0.2) is 0 Å². The average molecular weight is 261 g/mol. The molecule has 1 aliphatic rings. The molecular weight excluding hydrogens is 255 g/mol. The van der Waals surface area contributed by atoms with Crippen molar-refractivity contribution in [2.24, 2.45) is 0 Å². The smallest absolute Gasteiger partial charge is 0.320 e. The van der Waals surface area contributed by atoms with E-state index < -0.39 is 18.2 Å². The molecule has 1 aromatic rings. The maximum atomic E-state index is 11.0. The van der Waals surface area contributed by atoms with E-state index in [-0.39, 0.29) is 6.42 Å². The largest absolute Gasteiger partial charge is 0.420 e. The molecule has 0 aliphatic carbocycles. The Balaban J connectivity index is 2.29. The van der Waals surface area contributed by atoms with Gasteiger partial charge in [-0.1, -0.05) is 23.2 Å². The number of rotatable bonds is 1. The van der Waals surface area contributed by atoms with Crippen LogP contribution in [0.25, 0.3) is 0 Å². The summed E-state index contributed by atoms with van der Waals surface area (Å²) in [5.41, 5.74) is 0.430. The second kappa shape index (κ2) is 4.31. The van der Waals surface area contributed by atoms with Crippen molar-refractivity contribution in [3.63, 3.8) is 0 Å². The van der Waals surface area contributed by atoms with Gasteiger partial charge in [-0.05, 0) is 18.2 Å². The number of hydrogen-bond donors (Lipinski definition) is 0. The number of cyclic esters (lactones) is 2. The molecule has 0 unspecified atom stereocenters. The van der Waals surface area contributed by atoms with Crippen molar-refractivity contribution in [3.05, 3.63) is 33.8 Å². The Morgan fingerprint density at radius 1 is 1.00 bits per heavy atom. The second-order valence-electron chi connectivity index (χ2n) is 3.19. The predicted octanol–water partition coefficient (Wildman–Crippen LogP) is 2.48. The van der Waals surface area contributed by atoms with E-state index in [2.05, 4.69) is 0 Å². The van der Waals surface area contributed by atoms with Crippen LogP contribution in [0.4, 0.5) is 0 Å². The SMILES string of the molecule is O=C1CC(=O)OC(c2cc(Cl)cc(Cl)c2)O1. The third kappa shape index (κ3) is 2.46. The highest BCUT2D eigenvalue weighted by Gasteiger charge is 2.29. The lowest BCUT2D eigenvalue weighted by Gasteiger charge is -2.22. The van der Waals surface area contributed by atoms with Crippen molar-refractivity contribution in [3.8, 4) is 0 Å². The van der Waals surface area contributed by atoms with Gasteiger partial charge < -0.3 is 9.47 Å². The molecule has 1 saturated heterocycles. The molecule has 2 rings (SSSR count). The number of halogens is 2. The lowest BCUT2D eigenvalue weighted by atomic mass is 10.2. The first kappa shape index (κ1) is 11.2. The number of carbonyl (C=O) groups excluding carboxylic acids is 2. The monoisotopic (exact) mass is 260 g/mol. The number of esters is 2. The van der Waals surface area contributed by atoms with Crippen molar-refractivity contribution < 1.29 is 19.1 Å². The minimum atomic E-state index is -1.06. The number of benzene rings is 1. The summed E-state index contributed by atoms with van der Waals surface area (Å²) in [6, 6.07) is 4.56. The van der Waals surface area contributed by atoms with E-state index >= 15 is 0 Å². The van der Waals surface area contributed by atoms with Crippen LogP contribution in [0, 0.1) is 0 Å². The summed E-state index contributed by atoms with van der Waals surface area (Å²) in [5.74, 6) is -1.25. The van der Waals surface area contributed by atoms with Crippen LogP contribution in [0.3, 0.4) is 0 Å². The zero-order valence-corrected chi connectivity index (χ0v) is 9.42. The number of ether oxygens (including phenoxy) is 2. The van der Waals surface area contributed by atoms with E-state index in [0.717, 1.165) is 0 Å². The van der Waals surface area contributed by atoms with Gasteiger partial charge in [0, 0.05) is 15.6 Å². The fourth-order valence-corrected chi connectivity index (χ4v) is 1.85. The van der Waals surface area contributed by atoms with Crippen molar-refractivity contribution >= 4 is 35.1 Å². The minimum absolute atomic E-state index is 0.370. The first-order chi connectivity index (χ1) is 7.54. The van der Waals surface area contributed by atoms with E-state index in [1.54, 1.807) is 0 Å². The molecule has 84 valence electrons. The molecule has 0 amide bonds. The molecular formula is C10H6Cl2O4. The maximum absolute atomic E-state index is 11.0. The normalized spacial score (nSPS) is 16.9. The van der Waals surface area contributed by atoms with E-state index in [0.29, 0.717) is 15.6 Å². The van der Waals surface area contributed by atoms with Crippen LogP contribution in [0.5, 0.6) is 0 Å². The van der Waals surface area contributed by atoms with Crippen molar-refractivity contribution in [2.75, 3.05) is 0 Å². The van der Waals surface area contributed by atoms with Crippen LogP contribution < -0.4 is 0 Å². The third-order valence-corrected chi connectivity index (χ3v) is 2.36. The number of carbonyl (C=O) groups is 2. The molecule has 16 heavy (non-hydrogen) atoms. The molecule has 0 N–H and O–H groups in total. The van der Waals surface area contributed by atoms with Crippen LogP contribution in [0.15, 0.2) is 18.2 Å². The van der Waals surface area contributed by atoms with Gasteiger partial charge in [-0.25, -0.2) is 0 Å². The molecule has 1 aliphatic heterocycles. The summed E-state index contributed by atoms with van der Waals surface area (Å²) < 4.78 is 9.71. The molecule has 0 saturated carbocycles. The summed E-state index contributed by atoms with van der Waals surface area (Å²) >= 11 is 11.6. The highest BCUT2D eigenvalue weighted by atomic mass is 35.5. The highest BCUT2D eigenvalue weighted by Crippen LogP contribution is 2.29. The van der Waals surface area contributed by atoms with E-state index in [9.17, 15) is 9.59 Å². The first-order valence-electron chi connectivity index (χ1n) is 4.39. The third-order valence-electron chi connectivity index (χ3n) is 1.92. The first-order valence-corrected chi connectivity index (χ1v) is 5.15. The van der Waals surface area contributed by atoms with Gasteiger partial charge in [-0.15, -0.1) is 0 Å². The lowest BCUT2D eigenvalue weighted by molar-refractivity contribution is -0.204. The van der Waals surface area contributed by atoms with E-state index in [4.69, 9.17) is 32.7 Å². The molecule has 4 nitrogen and oxygen atoms in total. The van der Waals surface area contributed by atoms with Crippen molar-refractivity contribution in [2.45, 2.75) is 12.7 Å². The van der Waals surface area contributed by atoms with Crippen LogP contribution >= 0.6 is 23.2 Å². The maximum Gasteiger partial charge on any atom is 0.320 e. The predicted molar refractivity (Wildman–Crippen MR) is 56.0 cm³/mol. The minimum Gasteiger partial charge on any atom is -0.420 e. The Bertz CT molecular complexity index is 422. The summed E-state index contributed by atoms with van der Waals surface area (Å²) in [6.07, 6.45) is -1.44. The summed E-state index contributed by atoms with van der Waals surface area (Å²) in [4.78, 5) is 22.1. The molecule has 1 aromatic carbocycles. The Hall–Kier alpha value is -1.26. The molecule has 0 atom stereocenters. The van der Waals surface area contributed by atoms with Gasteiger partial charge in [0.25, 0.3) is 6.29 Å². The Kier molecular flexibility index (Phi) is 3.03. The fraction of sp³-hybridized carbons (Fsp3) is 0.200. The fourth-order valence-electron chi connectivity index (χ4n) is 1.31. The molecule has 0 bridgehead atoms. The molecule has 1 fully saturated rings. The van der Waals surface area contributed by atoms with Crippen molar-refractivity contribution in [1.29, 1.82) is 0 Å². The van der Waals surface area contributed by atoms with Crippen LogP contribution in [-0.2, 0) is 19.1 Å². The van der Waals surface area contributed by atoms with E-state index in [1.165, 1.54) is 18.2 Å². The van der Waals surface area contributed by atoms with Gasteiger partial charge >= 0.3 is 11.9 Å². The summed E-state index contributed by atoms with van der Waals surface area (Å²) in [5, 5.41) is 0.750. The quantitative estimate of drug-likeness (QED) is 0.575.